The number of piperazine rings is 1. The van der Waals surface area contributed by atoms with Gasteiger partial charge in [-0.05, 0) is 122 Å². The number of hydrogen-bond acceptors (Lipinski definition) is 5. The summed E-state index contributed by atoms with van der Waals surface area (Å²) in [6.07, 6.45) is 2.47. The second-order valence-electron chi connectivity index (χ2n) is 11.2. The molecule has 0 saturated carbocycles. The van der Waals surface area contributed by atoms with E-state index < -0.39 is 0 Å². The molecule has 2 fully saturated rings. The molecule has 0 unspecified atom stereocenters. The lowest BCUT2D eigenvalue weighted by atomic mass is 9.95. The second kappa shape index (κ2) is 13.8. The van der Waals surface area contributed by atoms with Gasteiger partial charge < -0.3 is 26.2 Å². The number of piperidine rings is 1. The van der Waals surface area contributed by atoms with Gasteiger partial charge in [0.1, 0.15) is 0 Å². The molecule has 2 saturated heterocycles. The van der Waals surface area contributed by atoms with Gasteiger partial charge in [-0.15, -0.1) is 0 Å². The molecule has 0 radical (unpaired) electrons. The van der Waals surface area contributed by atoms with Crippen molar-refractivity contribution in [2.45, 2.75) is 25.9 Å². The molecule has 2 aliphatic heterocycles. The maximum atomic E-state index is 7.65. The molecule has 7 nitrogen and oxygen atoms in total. The summed E-state index contributed by atoms with van der Waals surface area (Å²) >= 11 is 12.7. The van der Waals surface area contributed by atoms with E-state index in [9.17, 15) is 0 Å². The third-order valence-corrected chi connectivity index (χ3v) is 8.64. The Morgan fingerprint density at radius 2 is 1.49 bits per heavy atom. The van der Waals surface area contributed by atoms with E-state index in [0.29, 0.717) is 10.0 Å². The zero-order valence-corrected chi connectivity index (χ0v) is 25.3. The lowest BCUT2D eigenvalue weighted by Crippen LogP contribution is -2.50. The number of likely N-dealkylation sites (tertiary alicyclic amines) is 1. The van der Waals surface area contributed by atoms with Crippen LogP contribution >= 0.6 is 23.2 Å². The summed E-state index contributed by atoms with van der Waals surface area (Å²) in [4.78, 5) is 6.83. The first-order valence-electron chi connectivity index (χ1n) is 14.5. The molecule has 0 aliphatic carbocycles. The minimum Gasteiger partial charge on any atom is -0.381 e. The van der Waals surface area contributed by atoms with E-state index in [1.807, 2.05) is 24.1 Å². The van der Waals surface area contributed by atoms with Crippen molar-refractivity contribution in [3.63, 3.8) is 0 Å². The molecule has 41 heavy (non-hydrogen) atoms. The van der Waals surface area contributed by atoms with Crippen LogP contribution in [-0.4, -0.2) is 68.6 Å². The predicted molar refractivity (Wildman–Crippen MR) is 173 cm³/mol. The molecular formula is C32H41Cl2N7. The highest BCUT2D eigenvalue weighted by Crippen LogP contribution is 2.30. The van der Waals surface area contributed by atoms with Crippen LogP contribution in [0.15, 0.2) is 60.7 Å². The zero-order valence-electron chi connectivity index (χ0n) is 23.8. The number of nitrogens with two attached hydrogens (primary N) is 1. The van der Waals surface area contributed by atoms with Gasteiger partial charge in [-0.1, -0.05) is 29.3 Å². The molecule has 5 rings (SSSR count). The fraction of sp³-hybridized carbons (Fsp3) is 0.406. The SMILES string of the molecule is CNCC1CCN(Cc2cc(CNc3ccc(N4CCN(C(=N)N)CC4)cc3)cc(-c3cc(Cl)cc(Cl)c3)c2)CC1. The van der Waals surface area contributed by atoms with Gasteiger partial charge in [0.05, 0.1) is 0 Å². The maximum Gasteiger partial charge on any atom is 0.188 e. The third kappa shape index (κ3) is 8.07. The lowest BCUT2D eigenvalue weighted by Gasteiger charge is -2.36. The van der Waals surface area contributed by atoms with Crippen molar-refractivity contribution < 1.29 is 0 Å². The summed E-state index contributed by atoms with van der Waals surface area (Å²) in [7, 11) is 2.04. The van der Waals surface area contributed by atoms with Gasteiger partial charge >= 0.3 is 0 Å². The van der Waals surface area contributed by atoms with Crippen molar-refractivity contribution in [1.82, 2.24) is 15.1 Å². The molecule has 0 amide bonds. The molecule has 5 N–H and O–H groups in total. The summed E-state index contributed by atoms with van der Waals surface area (Å²) in [5.74, 6) is 0.927. The Bertz CT molecular complexity index is 1290. The van der Waals surface area contributed by atoms with Gasteiger partial charge in [0, 0.05) is 60.7 Å². The average Bonchev–Trinajstić information content (AvgIpc) is 2.97. The normalized spacial score (nSPS) is 16.7. The number of hydrogen-bond donors (Lipinski definition) is 4. The molecule has 0 atom stereocenters. The van der Waals surface area contributed by atoms with E-state index in [-0.39, 0.29) is 5.96 Å². The van der Waals surface area contributed by atoms with Gasteiger partial charge in [0.25, 0.3) is 0 Å². The Labute approximate surface area is 254 Å². The van der Waals surface area contributed by atoms with E-state index in [1.54, 1.807) is 6.07 Å². The highest BCUT2D eigenvalue weighted by Gasteiger charge is 2.20. The van der Waals surface area contributed by atoms with Gasteiger partial charge in [-0.3, -0.25) is 10.3 Å². The predicted octanol–water partition coefficient (Wildman–Crippen LogP) is 5.72. The largest absolute Gasteiger partial charge is 0.381 e. The van der Waals surface area contributed by atoms with Crippen molar-refractivity contribution in [1.29, 1.82) is 5.41 Å². The number of guanidine groups is 1. The summed E-state index contributed by atoms with van der Waals surface area (Å²) in [5, 5.41) is 15.9. The third-order valence-electron chi connectivity index (χ3n) is 8.20. The smallest absolute Gasteiger partial charge is 0.188 e. The van der Waals surface area contributed by atoms with E-state index in [0.717, 1.165) is 81.6 Å². The van der Waals surface area contributed by atoms with Crippen LogP contribution in [0.2, 0.25) is 10.0 Å². The Balaban J connectivity index is 1.28. The number of rotatable bonds is 9. The second-order valence-corrected chi connectivity index (χ2v) is 12.1. The summed E-state index contributed by atoms with van der Waals surface area (Å²) in [5.41, 5.74) is 12.6. The Morgan fingerprint density at radius 3 is 2.12 bits per heavy atom. The minimum absolute atomic E-state index is 0.156. The zero-order chi connectivity index (χ0) is 28.8. The number of nitrogens with zero attached hydrogens (tertiary/aromatic N) is 3. The van der Waals surface area contributed by atoms with Gasteiger partial charge in [0.2, 0.25) is 0 Å². The fourth-order valence-corrected chi connectivity index (χ4v) is 6.46. The van der Waals surface area contributed by atoms with E-state index in [1.165, 1.54) is 29.7 Å². The standard InChI is InChI=1S/C32H41Cl2N7/c1-37-20-23-6-8-39(9-7-23)22-25-14-24(15-26(16-25)27-17-28(33)19-29(34)18-27)21-38-30-2-4-31(5-3-30)40-10-12-41(13-11-40)32(35)36/h2-5,14-19,23,37-38H,6-13,20-22H2,1H3,(H3,35,36). The van der Waals surface area contributed by atoms with Crippen LogP contribution in [0.4, 0.5) is 11.4 Å². The van der Waals surface area contributed by atoms with Gasteiger partial charge in [0.15, 0.2) is 5.96 Å². The molecule has 2 heterocycles. The number of anilines is 2. The lowest BCUT2D eigenvalue weighted by molar-refractivity contribution is 0.177. The molecule has 0 spiro atoms. The first-order valence-corrected chi connectivity index (χ1v) is 15.3. The van der Waals surface area contributed by atoms with E-state index in [2.05, 4.69) is 62.9 Å². The Hall–Kier alpha value is -2.97. The van der Waals surface area contributed by atoms with E-state index >= 15 is 0 Å². The first-order chi connectivity index (χ1) is 19.9. The van der Waals surface area contributed by atoms with Crippen LogP contribution in [0, 0.1) is 11.3 Å². The number of halogens is 2. The van der Waals surface area contributed by atoms with Crippen molar-refractivity contribution >= 4 is 40.5 Å². The molecule has 0 bridgehead atoms. The molecule has 2 aliphatic rings. The van der Waals surface area contributed by atoms with Crippen molar-refractivity contribution in [2.24, 2.45) is 11.7 Å². The molecule has 3 aromatic rings. The van der Waals surface area contributed by atoms with Crippen LogP contribution in [-0.2, 0) is 13.1 Å². The summed E-state index contributed by atoms with van der Waals surface area (Å²) in [6, 6.07) is 21.2. The van der Waals surface area contributed by atoms with Crippen LogP contribution < -0.4 is 21.3 Å². The quantitative estimate of drug-likeness (QED) is 0.188. The van der Waals surface area contributed by atoms with Crippen LogP contribution in [0.5, 0.6) is 0 Å². The molecule has 0 aromatic heterocycles. The van der Waals surface area contributed by atoms with E-state index in [4.69, 9.17) is 34.3 Å². The average molecular weight is 595 g/mol. The molecule has 9 heteroatoms. The number of nitrogens with one attached hydrogen (secondary N) is 3. The van der Waals surface area contributed by atoms with Crippen molar-refractivity contribution in [2.75, 3.05) is 63.1 Å². The Kier molecular flexibility index (Phi) is 9.93. The van der Waals surface area contributed by atoms with Crippen LogP contribution in [0.3, 0.4) is 0 Å². The topological polar surface area (TPSA) is 83.7 Å². The van der Waals surface area contributed by atoms with Gasteiger partial charge in [-0.25, -0.2) is 0 Å². The van der Waals surface area contributed by atoms with Gasteiger partial charge in [-0.2, -0.15) is 0 Å². The molecule has 3 aromatic carbocycles. The molecule has 218 valence electrons. The number of benzene rings is 3. The van der Waals surface area contributed by atoms with Crippen LogP contribution in [0.25, 0.3) is 11.1 Å². The fourth-order valence-electron chi connectivity index (χ4n) is 5.94. The minimum atomic E-state index is 0.156. The summed E-state index contributed by atoms with van der Waals surface area (Å²) < 4.78 is 0. The Morgan fingerprint density at radius 1 is 0.854 bits per heavy atom. The highest BCUT2D eigenvalue weighted by molar-refractivity contribution is 6.35. The van der Waals surface area contributed by atoms with Crippen molar-refractivity contribution in [3.8, 4) is 11.1 Å². The maximum absolute atomic E-state index is 7.65. The highest BCUT2D eigenvalue weighted by atomic mass is 35.5. The van der Waals surface area contributed by atoms with Crippen molar-refractivity contribution in [3.05, 3.63) is 81.8 Å². The summed E-state index contributed by atoms with van der Waals surface area (Å²) in [6.45, 7) is 8.30. The molecular weight excluding hydrogens is 553 g/mol. The monoisotopic (exact) mass is 593 g/mol. The first kappa shape index (κ1) is 29.5. The van der Waals surface area contributed by atoms with Crippen LogP contribution in [0.1, 0.15) is 24.0 Å².